The second-order valence-electron chi connectivity index (χ2n) is 3.97. The molecule has 0 aliphatic carbocycles. The molecule has 0 amide bonds. The first-order valence-corrected chi connectivity index (χ1v) is 7.01. The molecule has 0 saturated carbocycles. The monoisotopic (exact) mass is 393 g/mol. The second kappa shape index (κ2) is 5.97. The van der Waals surface area contributed by atoms with Crippen molar-refractivity contribution < 1.29 is 14.8 Å². The Morgan fingerprint density at radius 2 is 2.05 bits per heavy atom. The Labute approximate surface area is 128 Å². The lowest BCUT2D eigenvalue weighted by Crippen LogP contribution is -2.40. The predicted molar refractivity (Wildman–Crippen MR) is 79.4 cm³/mol. The highest BCUT2D eigenvalue weighted by atomic mass is 127. The average molecular weight is 393 g/mol. The molecule has 1 heterocycles. The van der Waals surface area contributed by atoms with Crippen LogP contribution in [0.4, 0.5) is 5.69 Å². The first-order valence-electron chi connectivity index (χ1n) is 5.52. The second-order valence-corrected chi connectivity index (χ2v) is 5.52. The molecular formula is C11H10IN2O4S-. The van der Waals surface area contributed by atoms with E-state index in [9.17, 15) is 15.2 Å². The van der Waals surface area contributed by atoms with E-state index in [1.165, 1.54) is 6.07 Å². The van der Waals surface area contributed by atoms with E-state index < -0.39 is 16.4 Å². The molecule has 1 aliphatic rings. The maximum absolute atomic E-state index is 11.6. The number of ether oxygens (including phenoxy) is 1. The summed E-state index contributed by atoms with van der Waals surface area (Å²) in [4.78, 5) is 12.6. The Morgan fingerprint density at radius 1 is 1.42 bits per heavy atom. The summed E-state index contributed by atoms with van der Waals surface area (Å²) in [6.07, 6.45) is 0. The number of nitro groups is 1. The van der Waals surface area contributed by atoms with Gasteiger partial charge in [0.15, 0.2) is 0 Å². The van der Waals surface area contributed by atoms with Crippen LogP contribution in [0.15, 0.2) is 12.1 Å². The van der Waals surface area contributed by atoms with Gasteiger partial charge in [0.1, 0.15) is 4.99 Å². The van der Waals surface area contributed by atoms with Crippen molar-refractivity contribution in [3.8, 4) is 5.75 Å². The molecule has 0 aromatic heterocycles. The smallest absolute Gasteiger partial charge is 0.263 e. The zero-order valence-corrected chi connectivity index (χ0v) is 12.8. The van der Waals surface area contributed by atoms with E-state index in [1.807, 2.05) is 4.90 Å². The number of nitro benzene ring substituents is 1. The fourth-order valence-electron chi connectivity index (χ4n) is 1.79. The van der Waals surface area contributed by atoms with Crippen molar-refractivity contribution in [1.29, 1.82) is 0 Å². The summed E-state index contributed by atoms with van der Waals surface area (Å²) in [6.45, 7) is 2.47. The third kappa shape index (κ3) is 3.12. The number of nitrogens with zero attached hydrogens (tertiary/aromatic N) is 2. The molecule has 0 unspecified atom stereocenters. The van der Waals surface area contributed by atoms with Crippen LogP contribution >= 0.6 is 34.8 Å². The van der Waals surface area contributed by atoms with Crippen molar-refractivity contribution >= 4 is 45.5 Å². The lowest BCUT2D eigenvalue weighted by Gasteiger charge is -2.29. The fourth-order valence-corrected chi connectivity index (χ4v) is 2.70. The highest BCUT2D eigenvalue weighted by Gasteiger charge is 2.19. The fraction of sp³-hybridized carbons (Fsp3) is 0.364. The molecule has 102 valence electrons. The van der Waals surface area contributed by atoms with E-state index in [-0.39, 0.29) is 0 Å². The van der Waals surface area contributed by atoms with Gasteiger partial charge in [-0.15, -0.1) is 0 Å². The van der Waals surface area contributed by atoms with Crippen molar-refractivity contribution in [2.24, 2.45) is 0 Å². The van der Waals surface area contributed by atoms with Gasteiger partial charge in [0, 0.05) is 28.3 Å². The molecule has 0 radical (unpaired) electrons. The van der Waals surface area contributed by atoms with Crippen LogP contribution in [0.3, 0.4) is 0 Å². The van der Waals surface area contributed by atoms with Gasteiger partial charge in [-0.05, 0) is 34.4 Å². The van der Waals surface area contributed by atoms with Crippen molar-refractivity contribution in [1.82, 2.24) is 4.90 Å². The zero-order valence-electron chi connectivity index (χ0n) is 9.80. The van der Waals surface area contributed by atoms with Crippen LogP contribution in [0.1, 0.15) is 5.56 Å². The molecule has 0 spiro atoms. The zero-order chi connectivity index (χ0) is 14.0. The van der Waals surface area contributed by atoms with Crippen LogP contribution in [0.25, 0.3) is 0 Å². The minimum absolute atomic E-state index is 0.303. The van der Waals surface area contributed by atoms with Gasteiger partial charge in [-0.1, -0.05) is 12.2 Å². The van der Waals surface area contributed by atoms with Crippen molar-refractivity contribution in [2.75, 3.05) is 26.3 Å². The highest BCUT2D eigenvalue weighted by molar-refractivity contribution is 14.1. The number of thiocarbonyl (C=S) groups is 1. The molecule has 2 rings (SSSR count). The van der Waals surface area contributed by atoms with Gasteiger partial charge in [-0.25, -0.2) is 0 Å². The quantitative estimate of drug-likeness (QED) is 0.326. The third-order valence-electron chi connectivity index (χ3n) is 2.77. The van der Waals surface area contributed by atoms with Gasteiger partial charge in [0.25, 0.3) is 5.69 Å². The predicted octanol–water partition coefficient (Wildman–Crippen LogP) is 1.28. The Kier molecular flexibility index (Phi) is 4.53. The SMILES string of the molecule is O=[N+]([O-])c1cc(C(=S)N2CCOCC2)cc(I)c1[O-]. The van der Waals surface area contributed by atoms with Gasteiger partial charge in [0.05, 0.1) is 18.1 Å². The molecule has 0 atom stereocenters. The van der Waals surface area contributed by atoms with E-state index in [1.54, 1.807) is 28.7 Å². The lowest BCUT2D eigenvalue weighted by atomic mass is 10.1. The molecule has 6 nitrogen and oxygen atoms in total. The number of rotatable bonds is 2. The normalized spacial score (nSPS) is 15.3. The van der Waals surface area contributed by atoms with E-state index in [4.69, 9.17) is 17.0 Å². The summed E-state index contributed by atoms with van der Waals surface area (Å²) in [7, 11) is 0. The third-order valence-corrected chi connectivity index (χ3v) is 4.06. The number of benzene rings is 1. The lowest BCUT2D eigenvalue weighted by molar-refractivity contribution is -0.398. The number of hydrogen-bond donors (Lipinski definition) is 0. The molecule has 1 saturated heterocycles. The Hall–Kier alpha value is -1.00. The summed E-state index contributed by atoms with van der Waals surface area (Å²) < 4.78 is 5.53. The number of morpholine rings is 1. The van der Waals surface area contributed by atoms with Crippen LogP contribution in [0.2, 0.25) is 0 Å². The maximum atomic E-state index is 11.6. The first kappa shape index (κ1) is 14.4. The molecule has 8 heteroatoms. The van der Waals surface area contributed by atoms with E-state index in [2.05, 4.69) is 0 Å². The largest absolute Gasteiger partial charge is 0.867 e. The van der Waals surface area contributed by atoms with E-state index in [0.717, 1.165) is 0 Å². The molecule has 1 aromatic carbocycles. The van der Waals surface area contributed by atoms with Crippen LogP contribution < -0.4 is 5.11 Å². The first-order chi connectivity index (χ1) is 9.00. The van der Waals surface area contributed by atoms with Crippen molar-refractivity contribution in [3.05, 3.63) is 31.4 Å². The average Bonchev–Trinajstić information content (AvgIpc) is 2.41. The Balaban J connectivity index is 2.34. The minimum Gasteiger partial charge on any atom is -0.867 e. The van der Waals surface area contributed by atoms with Gasteiger partial charge in [-0.2, -0.15) is 0 Å². The summed E-state index contributed by atoms with van der Waals surface area (Å²) in [6, 6.07) is 2.84. The molecule has 0 N–H and O–H groups in total. The maximum Gasteiger partial charge on any atom is 0.263 e. The minimum atomic E-state index is -0.671. The highest BCUT2D eigenvalue weighted by Crippen LogP contribution is 2.30. The summed E-state index contributed by atoms with van der Waals surface area (Å²) in [5.74, 6) is -0.570. The van der Waals surface area contributed by atoms with Gasteiger partial charge in [-0.3, -0.25) is 10.1 Å². The van der Waals surface area contributed by atoms with Crippen molar-refractivity contribution in [3.63, 3.8) is 0 Å². The molecule has 0 bridgehead atoms. The molecular weight excluding hydrogens is 383 g/mol. The Bertz CT molecular complexity index is 532. The van der Waals surface area contributed by atoms with Crippen LogP contribution in [0.5, 0.6) is 5.75 Å². The summed E-state index contributed by atoms with van der Waals surface area (Å²) in [5, 5.41) is 22.5. The number of hydrogen-bond acceptors (Lipinski definition) is 5. The summed E-state index contributed by atoms with van der Waals surface area (Å²) >= 11 is 7.13. The standard InChI is InChI=1S/C11H11IN2O4S/c12-8-5-7(6-9(10(8)15)14(16)17)11(19)13-1-3-18-4-2-13/h5-6,15H,1-4H2/p-1. The van der Waals surface area contributed by atoms with Crippen LogP contribution in [0, 0.1) is 13.7 Å². The van der Waals surface area contributed by atoms with E-state index in [0.29, 0.717) is 40.4 Å². The Morgan fingerprint density at radius 3 is 2.63 bits per heavy atom. The number of halogens is 1. The topological polar surface area (TPSA) is 78.7 Å². The van der Waals surface area contributed by atoms with Crippen LogP contribution in [-0.2, 0) is 4.74 Å². The van der Waals surface area contributed by atoms with Crippen LogP contribution in [-0.4, -0.2) is 41.1 Å². The molecule has 1 aromatic rings. The molecule has 19 heavy (non-hydrogen) atoms. The van der Waals surface area contributed by atoms with Crippen molar-refractivity contribution in [2.45, 2.75) is 0 Å². The van der Waals surface area contributed by atoms with Gasteiger partial charge < -0.3 is 14.7 Å². The van der Waals surface area contributed by atoms with Gasteiger partial charge in [0.2, 0.25) is 0 Å². The van der Waals surface area contributed by atoms with Gasteiger partial charge >= 0.3 is 0 Å². The molecule has 1 fully saturated rings. The van der Waals surface area contributed by atoms with E-state index >= 15 is 0 Å². The molecule has 1 aliphatic heterocycles. The summed E-state index contributed by atoms with van der Waals surface area (Å²) in [5.41, 5.74) is 0.102.